The third-order valence-electron chi connectivity index (χ3n) is 6.78. The van der Waals surface area contributed by atoms with Crippen LogP contribution in [-0.4, -0.2) is 51.7 Å². The van der Waals surface area contributed by atoms with Gasteiger partial charge in [-0.3, -0.25) is 19.4 Å². The van der Waals surface area contributed by atoms with E-state index in [1.54, 1.807) is 29.5 Å². The van der Waals surface area contributed by atoms with Gasteiger partial charge in [-0.2, -0.15) is 0 Å². The number of thiophene rings is 1. The minimum absolute atomic E-state index is 0.133. The number of rotatable bonds is 9. The molecule has 3 aliphatic heterocycles. The maximum Gasteiger partial charge on any atom is 0.259 e. The van der Waals surface area contributed by atoms with Gasteiger partial charge in [0.25, 0.3) is 5.91 Å². The lowest BCUT2D eigenvalue weighted by Gasteiger charge is -2.27. The van der Waals surface area contributed by atoms with Gasteiger partial charge in [-0.1, -0.05) is 36.9 Å². The fourth-order valence-electron chi connectivity index (χ4n) is 4.67. The Morgan fingerprint density at radius 2 is 2.00 bits per heavy atom. The molecule has 10 nitrogen and oxygen atoms in total. The van der Waals surface area contributed by atoms with Gasteiger partial charge in [0.05, 0.1) is 17.5 Å². The summed E-state index contributed by atoms with van der Waals surface area (Å²) in [6.07, 6.45) is 0.949. The van der Waals surface area contributed by atoms with Crippen molar-refractivity contribution in [1.29, 1.82) is 0 Å². The lowest BCUT2D eigenvalue weighted by molar-refractivity contribution is -0.125. The van der Waals surface area contributed by atoms with Crippen LogP contribution in [0.25, 0.3) is 0 Å². The topological polar surface area (TPSA) is 122 Å². The Balaban J connectivity index is 1.16. The zero-order valence-electron chi connectivity index (χ0n) is 22.2. The predicted molar refractivity (Wildman–Crippen MR) is 159 cm³/mol. The molecule has 2 N–H and O–H groups in total. The summed E-state index contributed by atoms with van der Waals surface area (Å²) >= 11 is 2.80. The third kappa shape index (κ3) is 5.70. The van der Waals surface area contributed by atoms with Gasteiger partial charge in [0.1, 0.15) is 11.9 Å². The number of hydrogen-bond donors (Lipinski definition) is 2. The van der Waals surface area contributed by atoms with E-state index in [1.165, 1.54) is 16.7 Å². The molecular formula is C29H27N5O5S2. The summed E-state index contributed by atoms with van der Waals surface area (Å²) in [6, 6.07) is 15.9. The molecule has 41 heavy (non-hydrogen) atoms. The summed E-state index contributed by atoms with van der Waals surface area (Å²) in [6.45, 7) is 2.52. The fraction of sp³-hybridized carbons (Fsp3) is 0.276. The number of thioether (sulfide) groups is 1. The first kappa shape index (κ1) is 27.0. The Morgan fingerprint density at radius 1 is 1.15 bits per heavy atom. The number of nitrogens with zero attached hydrogens (tertiary/aromatic N) is 3. The Morgan fingerprint density at radius 3 is 2.83 bits per heavy atom. The summed E-state index contributed by atoms with van der Waals surface area (Å²) in [5, 5.41) is 7.67. The number of fused-ring (bicyclic) bond motifs is 4. The van der Waals surface area contributed by atoms with Crippen molar-refractivity contribution in [2.45, 2.75) is 44.0 Å². The molecule has 4 heterocycles. The van der Waals surface area contributed by atoms with E-state index in [2.05, 4.69) is 10.6 Å². The quantitative estimate of drug-likeness (QED) is 0.374. The number of anilines is 1. The number of nitrogens with one attached hydrogen (secondary N) is 2. The lowest BCUT2D eigenvalue weighted by atomic mass is 10.1. The zero-order valence-corrected chi connectivity index (χ0v) is 23.8. The van der Waals surface area contributed by atoms with E-state index in [0.29, 0.717) is 46.8 Å². The van der Waals surface area contributed by atoms with Crippen LogP contribution in [0.15, 0.2) is 70.0 Å². The first-order chi connectivity index (χ1) is 20.0. The fourth-order valence-corrected chi connectivity index (χ4v) is 6.34. The number of carbonyl (C=O) groups is 3. The maximum absolute atomic E-state index is 13.6. The molecule has 2 aromatic carbocycles. The smallest absolute Gasteiger partial charge is 0.259 e. The Labute approximate surface area is 244 Å². The highest BCUT2D eigenvalue weighted by molar-refractivity contribution is 8.15. The van der Waals surface area contributed by atoms with Gasteiger partial charge in [-0.05, 0) is 48.6 Å². The molecule has 3 amide bonds. The average molecular weight is 590 g/mol. The molecule has 0 fully saturated rings. The molecule has 3 aliphatic rings. The van der Waals surface area contributed by atoms with E-state index in [9.17, 15) is 14.4 Å². The Hall–Kier alpha value is -4.16. The van der Waals surface area contributed by atoms with Crippen LogP contribution in [0.1, 0.15) is 36.6 Å². The summed E-state index contributed by atoms with van der Waals surface area (Å²) in [5.41, 5.74) is 2.01. The number of amides is 3. The van der Waals surface area contributed by atoms with E-state index >= 15 is 0 Å². The summed E-state index contributed by atoms with van der Waals surface area (Å²) in [7, 11) is 0. The van der Waals surface area contributed by atoms with Crippen LogP contribution < -0.4 is 20.1 Å². The largest absolute Gasteiger partial charge is 0.454 e. The van der Waals surface area contributed by atoms with Crippen LogP contribution in [0, 0.1) is 0 Å². The SMILES string of the molecule is CC[C@H](SC1=Nc2ccccc2C2=N[C@@H](CCC(=O)NCc3cccs3)C(=O)N12)C(=O)Nc1ccc2c(c1)OCO2. The lowest BCUT2D eigenvalue weighted by Crippen LogP contribution is -2.42. The van der Waals surface area contributed by atoms with Crippen LogP contribution in [-0.2, 0) is 20.9 Å². The van der Waals surface area contributed by atoms with Crippen molar-refractivity contribution in [1.82, 2.24) is 10.2 Å². The number of aliphatic imine (C=N–C) groups is 2. The van der Waals surface area contributed by atoms with Crippen LogP contribution in [0.4, 0.5) is 11.4 Å². The maximum atomic E-state index is 13.6. The zero-order chi connectivity index (χ0) is 28.3. The molecule has 6 rings (SSSR count). The monoisotopic (exact) mass is 589 g/mol. The molecule has 0 saturated carbocycles. The minimum Gasteiger partial charge on any atom is -0.454 e. The number of para-hydroxylation sites is 1. The molecule has 12 heteroatoms. The highest BCUT2D eigenvalue weighted by Crippen LogP contribution is 2.37. The molecule has 0 saturated heterocycles. The van der Waals surface area contributed by atoms with Gasteiger partial charge in [-0.25, -0.2) is 9.89 Å². The van der Waals surface area contributed by atoms with Crippen molar-refractivity contribution in [3.8, 4) is 11.5 Å². The van der Waals surface area contributed by atoms with Gasteiger partial charge in [-0.15, -0.1) is 11.3 Å². The van der Waals surface area contributed by atoms with Crippen molar-refractivity contribution in [3.05, 3.63) is 70.4 Å². The molecule has 0 radical (unpaired) electrons. The molecule has 3 aromatic rings. The average Bonchev–Trinajstić information content (AvgIpc) is 3.74. The Bertz CT molecular complexity index is 1550. The predicted octanol–water partition coefficient (Wildman–Crippen LogP) is 4.68. The normalized spacial score (nSPS) is 17.3. The highest BCUT2D eigenvalue weighted by atomic mass is 32.2. The van der Waals surface area contributed by atoms with Crippen molar-refractivity contribution in [2.75, 3.05) is 12.1 Å². The molecule has 0 unspecified atom stereocenters. The first-order valence-corrected chi connectivity index (χ1v) is 15.0. The van der Waals surface area contributed by atoms with Gasteiger partial charge in [0, 0.05) is 28.6 Å². The standard InChI is InChI=1S/C29H27N5O5S2/c1-2-24(27(36)31-17-9-11-22-23(14-17)39-16-38-22)41-29-33-20-8-4-3-7-19(20)26-32-21(28(37)34(26)29)10-12-25(35)30-15-18-6-5-13-40-18/h3-9,11,13-14,21,24H,2,10,12,15-16H2,1H3,(H,30,35)(H,31,36)/t21-,24-/m0/s1. The van der Waals surface area contributed by atoms with Gasteiger partial charge in [0.15, 0.2) is 16.7 Å². The second kappa shape index (κ2) is 11.8. The highest BCUT2D eigenvalue weighted by Gasteiger charge is 2.42. The summed E-state index contributed by atoms with van der Waals surface area (Å²) in [5.74, 6) is 1.10. The van der Waals surface area contributed by atoms with Crippen molar-refractivity contribution in [3.63, 3.8) is 0 Å². The first-order valence-electron chi connectivity index (χ1n) is 13.3. The van der Waals surface area contributed by atoms with E-state index in [4.69, 9.17) is 19.5 Å². The van der Waals surface area contributed by atoms with Gasteiger partial charge < -0.3 is 20.1 Å². The molecule has 210 valence electrons. The number of ether oxygens (including phenoxy) is 2. The summed E-state index contributed by atoms with van der Waals surface area (Å²) in [4.78, 5) is 51.5. The Kier molecular flexibility index (Phi) is 7.75. The number of benzene rings is 2. The van der Waals surface area contributed by atoms with Crippen LogP contribution in [0.2, 0.25) is 0 Å². The number of carbonyl (C=O) groups excluding carboxylic acids is 3. The van der Waals surface area contributed by atoms with Crippen LogP contribution in [0.3, 0.4) is 0 Å². The summed E-state index contributed by atoms with van der Waals surface area (Å²) < 4.78 is 10.8. The molecule has 2 atom stereocenters. The van der Waals surface area contributed by atoms with Gasteiger partial charge >= 0.3 is 0 Å². The van der Waals surface area contributed by atoms with Crippen molar-refractivity contribution < 1.29 is 23.9 Å². The molecular weight excluding hydrogens is 562 g/mol. The number of hydrogen-bond acceptors (Lipinski definition) is 9. The second-order valence-corrected chi connectivity index (χ2v) is 11.7. The van der Waals surface area contributed by atoms with Gasteiger partial charge in [0.2, 0.25) is 18.6 Å². The van der Waals surface area contributed by atoms with E-state index in [1.807, 2.05) is 48.7 Å². The van der Waals surface area contributed by atoms with E-state index < -0.39 is 11.3 Å². The molecule has 0 spiro atoms. The van der Waals surface area contributed by atoms with Crippen molar-refractivity contribution in [2.24, 2.45) is 9.98 Å². The van der Waals surface area contributed by atoms with Crippen LogP contribution in [0.5, 0.6) is 11.5 Å². The molecule has 1 aromatic heterocycles. The van der Waals surface area contributed by atoms with Crippen LogP contribution >= 0.6 is 23.1 Å². The van der Waals surface area contributed by atoms with Crippen molar-refractivity contribution >= 4 is 63.2 Å². The number of amidine groups is 2. The minimum atomic E-state index is -0.711. The third-order valence-corrected chi connectivity index (χ3v) is 8.98. The molecule has 0 aliphatic carbocycles. The molecule has 0 bridgehead atoms. The van der Waals surface area contributed by atoms with E-state index in [0.717, 1.165) is 10.4 Å². The second-order valence-electron chi connectivity index (χ2n) is 9.52. The van der Waals surface area contributed by atoms with E-state index in [-0.39, 0.29) is 37.4 Å².